The Kier molecular flexibility index (Phi) is 4.92. The second kappa shape index (κ2) is 6.83. The zero-order valence-electron chi connectivity index (χ0n) is 16.6. The van der Waals surface area contributed by atoms with Gasteiger partial charge in [0, 0.05) is 36.5 Å². The van der Waals surface area contributed by atoms with Crippen molar-refractivity contribution in [3.63, 3.8) is 0 Å². The maximum Gasteiger partial charge on any atom is 0.131 e. The molecule has 136 valence electrons. The van der Waals surface area contributed by atoms with E-state index in [2.05, 4.69) is 62.3 Å². The molecule has 0 aliphatic carbocycles. The summed E-state index contributed by atoms with van der Waals surface area (Å²) in [4.78, 5) is 7.44. The maximum atomic E-state index is 4.94. The number of hydrogen-bond donors (Lipinski definition) is 2. The van der Waals surface area contributed by atoms with Crippen molar-refractivity contribution in [1.82, 2.24) is 9.88 Å². The first-order chi connectivity index (χ1) is 11.9. The third kappa shape index (κ3) is 3.45. The van der Waals surface area contributed by atoms with Crippen LogP contribution in [0.15, 0.2) is 12.1 Å². The molecule has 4 heteroatoms. The minimum Gasteiger partial charge on any atom is -0.379 e. The Balaban J connectivity index is 2.08. The lowest BCUT2D eigenvalue weighted by Gasteiger charge is -2.22. The molecule has 0 bridgehead atoms. The molecule has 3 rings (SSSR count). The van der Waals surface area contributed by atoms with Gasteiger partial charge in [0.1, 0.15) is 5.82 Å². The number of nitrogens with one attached hydrogen (secondary N) is 2. The molecule has 1 aromatic heterocycles. The average molecular weight is 341 g/mol. The van der Waals surface area contributed by atoms with Crippen molar-refractivity contribution in [2.45, 2.75) is 59.5 Å². The van der Waals surface area contributed by atoms with E-state index < -0.39 is 0 Å². The van der Waals surface area contributed by atoms with Crippen LogP contribution in [0.2, 0.25) is 0 Å². The van der Waals surface area contributed by atoms with Crippen molar-refractivity contribution in [3.8, 4) is 0 Å². The Labute approximate surface area is 152 Å². The van der Waals surface area contributed by atoms with E-state index in [0.717, 1.165) is 37.4 Å². The molecule has 0 atom stereocenters. The normalized spacial score (nSPS) is 15.5. The summed E-state index contributed by atoms with van der Waals surface area (Å²) in [6.07, 6.45) is 2.19. The monoisotopic (exact) mass is 340 g/mol. The fraction of sp³-hybridized carbons (Fsp3) is 0.571. The maximum absolute atomic E-state index is 4.94. The van der Waals surface area contributed by atoms with Crippen LogP contribution in [0.5, 0.6) is 0 Å². The highest BCUT2D eigenvalue weighted by molar-refractivity contribution is 5.98. The molecule has 0 fully saturated rings. The van der Waals surface area contributed by atoms with Crippen molar-refractivity contribution in [1.29, 1.82) is 0 Å². The summed E-state index contributed by atoms with van der Waals surface area (Å²) in [5.74, 6) is 1.01. The van der Waals surface area contributed by atoms with Gasteiger partial charge in [-0.15, -0.1) is 0 Å². The van der Waals surface area contributed by atoms with Gasteiger partial charge >= 0.3 is 0 Å². The minimum absolute atomic E-state index is 0.0800. The van der Waals surface area contributed by atoms with E-state index in [0.29, 0.717) is 0 Å². The molecule has 0 spiro atoms. The Hall–Kier alpha value is -1.81. The lowest BCUT2D eigenvalue weighted by atomic mass is 9.99. The van der Waals surface area contributed by atoms with Crippen molar-refractivity contribution >= 4 is 22.4 Å². The number of rotatable bonds is 6. The number of fused-ring (bicyclic) bond motifs is 3. The largest absolute Gasteiger partial charge is 0.379 e. The molecular formula is C21H32N4. The first-order valence-electron chi connectivity index (χ1n) is 9.53. The molecule has 0 unspecified atom stereocenters. The van der Waals surface area contributed by atoms with E-state index >= 15 is 0 Å². The van der Waals surface area contributed by atoms with Crippen LogP contribution >= 0.6 is 0 Å². The van der Waals surface area contributed by atoms with E-state index in [9.17, 15) is 0 Å². The fourth-order valence-electron chi connectivity index (χ4n) is 3.92. The van der Waals surface area contributed by atoms with Crippen LogP contribution in [0, 0.1) is 6.92 Å². The minimum atomic E-state index is 0.0800. The van der Waals surface area contributed by atoms with Crippen LogP contribution in [0.1, 0.15) is 50.8 Å². The SMILES string of the molecule is CCCN(CC)Cc1cc2nc(NC)c3c(c2cc1C)NC(C)(C)C3. The van der Waals surface area contributed by atoms with Gasteiger partial charge in [-0.05, 0) is 63.5 Å². The van der Waals surface area contributed by atoms with Gasteiger partial charge < -0.3 is 10.6 Å². The first-order valence-corrected chi connectivity index (χ1v) is 9.53. The molecule has 0 amide bonds. The van der Waals surface area contributed by atoms with E-state index in [4.69, 9.17) is 4.98 Å². The first kappa shape index (κ1) is 18.0. The summed E-state index contributed by atoms with van der Waals surface area (Å²) in [7, 11) is 1.97. The fourth-order valence-corrected chi connectivity index (χ4v) is 3.92. The Bertz CT molecular complexity index is 779. The lowest BCUT2D eigenvalue weighted by Crippen LogP contribution is -2.27. The second-order valence-electron chi connectivity index (χ2n) is 7.91. The van der Waals surface area contributed by atoms with Crippen LogP contribution in [-0.4, -0.2) is 35.6 Å². The van der Waals surface area contributed by atoms with E-state index in [1.165, 1.54) is 34.2 Å². The molecule has 2 heterocycles. The zero-order valence-corrected chi connectivity index (χ0v) is 16.6. The summed E-state index contributed by atoms with van der Waals surface area (Å²) in [5.41, 5.74) is 6.48. The van der Waals surface area contributed by atoms with E-state index in [1.807, 2.05) is 7.05 Å². The van der Waals surface area contributed by atoms with Crippen LogP contribution in [-0.2, 0) is 13.0 Å². The molecule has 0 saturated carbocycles. The molecule has 1 aromatic carbocycles. The summed E-state index contributed by atoms with van der Waals surface area (Å²) in [5, 5.41) is 8.27. The molecule has 2 N–H and O–H groups in total. The molecule has 0 saturated heterocycles. The predicted molar refractivity (Wildman–Crippen MR) is 109 cm³/mol. The van der Waals surface area contributed by atoms with Crippen LogP contribution in [0.3, 0.4) is 0 Å². The molecule has 1 aliphatic heterocycles. The molecule has 4 nitrogen and oxygen atoms in total. The molecular weight excluding hydrogens is 308 g/mol. The summed E-state index contributed by atoms with van der Waals surface area (Å²) >= 11 is 0. The van der Waals surface area contributed by atoms with Crippen molar-refractivity contribution in [2.75, 3.05) is 30.8 Å². The average Bonchev–Trinajstić information content (AvgIpc) is 2.90. The lowest BCUT2D eigenvalue weighted by molar-refractivity contribution is 0.280. The van der Waals surface area contributed by atoms with Crippen LogP contribution in [0.4, 0.5) is 11.5 Å². The number of hydrogen-bond acceptors (Lipinski definition) is 4. The number of benzene rings is 1. The van der Waals surface area contributed by atoms with Gasteiger partial charge in [0.2, 0.25) is 0 Å². The van der Waals surface area contributed by atoms with E-state index in [-0.39, 0.29) is 5.54 Å². The number of aryl methyl sites for hydroxylation is 1. The molecule has 25 heavy (non-hydrogen) atoms. The second-order valence-corrected chi connectivity index (χ2v) is 7.91. The molecule has 1 aliphatic rings. The number of aromatic nitrogens is 1. The standard InChI is InChI=1S/C21H32N4/c1-7-9-25(8-2)13-15-11-18-16(10-14(15)3)19-17(20(22-6)23-18)12-21(4,5)24-19/h10-11,24H,7-9,12-13H2,1-6H3,(H,22,23). The van der Waals surface area contributed by atoms with Crippen molar-refractivity contribution in [3.05, 3.63) is 28.8 Å². The van der Waals surface area contributed by atoms with Gasteiger partial charge in [0.15, 0.2) is 0 Å². The predicted octanol–water partition coefficient (Wildman–Crippen LogP) is 4.56. The highest BCUT2D eigenvalue weighted by Gasteiger charge is 2.31. The number of anilines is 2. The zero-order chi connectivity index (χ0) is 18.2. The quantitative estimate of drug-likeness (QED) is 0.808. The molecule has 2 aromatic rings. The van der Waals surface area contributed by atoms with Gasteiger partial charge in [-0.25, -0.2) is 4.98 Å². The molecule has 0 radical (unpaired) electrons. The smallest absolute Gasteiger partial charge is 0.131 e. The van der Waals surface area contributed by atoms with Crippen molar-refractivity contribution in [2.24, 2.45) is 0 Å². The number of pyridine rings is 1. The highest BCUT2D eigenvalue weighted by atomic mass is 15.1. The summed E-state index contributed by atoms with van der Waals surface area (Å²) < 4.78 is 0. The Morgan fingerprint density at radius 3 is 2.68 bits per heavy atom. The van der Waals surface area contributed by atoms with Gasteiger partial charge in [-0.3, -0.25) is 4.90 Å². The topological polar surface area (TPSA) is 40.2 Å². The van der Waals surface area contributed by atoms with Crippen LogP contribution in [0.25, 0.3) is 10.9 Å². The van der Waals surface area contributed by atoms with Gasteiger partial charge in [0.25, 0.3) is 0 Å². The van der Waals surface area contributed by atoms with Gasteiger partial charge in [-0.2, -0.15) is 0 Å². The third-order valence-electron chi connectivity index (χ3n) is 5.24. The Morgan fingerprint density at radius 2 is 2.04 bits per heavy atom. The third-order valence-corrected chi connectivity index (χ3v) is 5.24. The summed E-state index contributed by atoms with van der Waals surface area (Å²) in [6, 6.07) is 4.61. The highest BCUT2D eigenvalue weighted by Crippen LogP contribution is 2.41. The van der Waals surface area contributed by atoms with E-state index in [1.54, 1.807) is 0 Å². The van der Waals surface area contributed by atoms with Gasteiger partial charge in [0.05, 0.1) is 11.2 Å². The van der Waals surface area contributed by atoms with Gasteiger partial charge in [-0.1, -0.05) is 13.8 Å². The van der Waals surface area contributed by atoms with Crippen LogP contribution < -0.4 is 10.6 Å². The summed E-state index contributed by atoms with van der Waals surface area (Å²) in [6.45, 7) is 14.4. The van der Waals surface area contributed by atoms with Crippen molar-refractivity contribution < 1.29 is 0 Å². The number of nitrogens with zero attached hydrogens (tertiary/aromatic N) is 2. The Morgan fingerprint density at radius 1 is 1.28 bits per heavy atom.